The molecule has 2 aliphatic rings. The molecule has 3 heteroatoms. The van der Waals surface area contributed by atoms with Crippen molar-refractivity contribution in [1.82, 2.24) is 0 Å². The van der Waals surface area contributed by atoms with Gasteiger partial charge in [-0.2, -0.15) is 24.3 Å². The first kappa shape index (κ1) is 13.6. The summed E-state index contributed by atoms with van der Waals surface area (Å²) in [6.45, 7) is 0. The van der Waals surface area contributed by atoms with Crippen molar-refractivity contribution < 1.29 is 20.1 Å². The number of benzene rings is 3. The van der Waals surface area contributed by atoms with Crippen LogP contribution in [0.1, 0.15) is 11.7 Å². The molecule has 5 rings (SSSR count). The summed E-state index contributed by atoms with van der Waals surface area (Å²) in [5.41, 5.74) is 7.12. The topological polar surface area (TPSA) is 17.3 Å². The third-order valence-electron chi connectivity index (χ3n) is 4.25. The molecule has 2 heterocycles. The zero-order valence-corrected chi connectivity index (χ0v) is 14.1. The van der Waals surface area contributed by atoms with Crippen molar-refractivity contribution in [3.8, 4) is 11.1 Å². The van der Waals surface area contributed by atoms with Gasteiger partial charge in [-0.05, 0) is 18.3 Å². The predicted molar refractivity (Wildman–Crippen MR) is 85.1 cm³/mol. The molecule has 3 aromatic rings. The van der Waals surface area contributed by atoms with Gasteiger partial charge in [-0.25, -0.2) is 0 Å². The Morgan fingerprint density at radius 1 is 0.818 bits per heavy atom. The monoisotopic (exact) mass is 461 g/mol. The number of fused-ring (bicyclic) bond motifs is 8. The van der Waals surface area contributed by atoms with Gasteiger partial charge in [-0.15, -0.1) is 16.8 Å². The van der Waals surface area contributed by atoms with Gasteiger partial charge in [0, 0.05) is 31.5 Å². The molecular weight excluding hydrogens is 448 g/mol. The van der Waals surface area contributed by atoms with Gasteiger partial charge >= 0.3 is 0 Å². The quantitative estimate of drug-likeness (QED) is 0.415. The Labute approximate surface area is 143 Å². The van der Waals surface area contributed by atoms with E-state index < -0.39 is 0 Å². The summed E-state index contributed by atoms with van der Waals surface area (Å²) in [6.07, 6.45) is 0.00787. The first-order valence-electron chi connectivity index (χ1n) is 7.12. The van der Waals surface area contributed by atoms with E-state index in [0.717, 1.165) is 11.3 Å². The average molecular weight is 461 g/mol. The number of nitrogens with zero attached hydrogens (tertiary/aromatic N) is 2. The van der Waals surface area contributed by atoms with Crippen molar-refractivity contribution >= 4 is 17.1 Å². The zero-order chi connectivity index (χ0) is 13.8. The molecule has 0 aliphatic carbocycles. The van der Waals surface area contributed by atoms with Crippen molar-refractivity contribution in [3.05, 3.63) is 83.7 Å². The van der Waals surface area contributed by atoms with E-state index in [4.69, 9.17) is 5.32 Å². The SMILES string of the molecule is [Ir].[c-]1cccc2c1C1[N-]c3ccccc3N1c1ccccc1-2. The van der Waals surface area contributed by atoms with Gasteiger partial charge < -0.3 is 10.2 Å². The third kappa shape index (κ3) is 1.70. The van der Waals surface area contributed by atoms with Crippen LogP contribution < -0.4 is 4.90 Å². The molecule has 2 nitrogen and oxygen atoms in total. The van der Waals surface area contributed by atoms with Crippen LogP contribution in [0.25, 0.3) is 16.4 Å². The number of anilines is 2. The molecule has 109 valence electrons. The van der Waals surface area contributed by atoms with E-state index in [-0.39, 0.29) is 26.3 Å². The fourth-order valence-corrected chi connectivity index (χ4v) is 3.36. The van der Waals surface area contributed by atoms with E-state index in [1.165, 1.54) is 22.5 Å². The summed E-state index contributed by atoms with van der Waals surface area (Å²) in [6, 6.07) is 26.5. The van der Waals surface area contributed by atoms with E-state index in [9.17, 15) is 0 Å². The van der Waals surface area contributed by atoms with Crippen LogP contribution in [0.5, 0.6) is 0 Å². The minimum Gasteiger partial charge on any atom is -0.661 e. The van der Waals surface area contributed by atoms with Crippen molar-refractivity contribution in [3.63, 3.8) is 0 Å². The van der Waals surface area contributed by atoms with E-state index >= 15 is 0 Å². The van der Waals surface area contributed by atoms with E-state index in [2.05, 4.69) is 59.5 Å². The average Bonchev–Trinajstić information content (AvgIpc) is 2.95. The molecule has 1 atom stereocenters. The summed E-state index contributed by atoms with van der Waals surface area (Å²) in [4.78, 5) is 2.32. The summed E-state index contributed by atoms with van der Waals surface area (Å²) in [7, 11) is 0. The Bertz CT molecular complexity index is 859. The molecule has 2 aliphatic heterocycles. The molecule has 0 fully saturated rings. The maximum Gasteiger partial charge on any atom is 0.0356 e. The smallest absolute Gasteiger partial charge is 0.0356 e. The Hall–Kier alpha value is -2.09. The molecular formula is C19H12IrN2-2. The summed E-state index contributed by atoms with van der Waals surface area (Å²) in [5, 5.41) is 4.91. The van der Waals surface area contributed by atoms with Crippen LogP contribution in [0, 0.1) is 6.07 Å². The maximum atomic E-state index is 4.91. The van der Waals surface area contributed by atoms with Gasteiger partial charge in [0.1, 0.15) is 0 Å². The summed E-state index contributed by atoms with van der Waals surface area (Å²) >= 11 is 0. The van der Waals surface area contributed by atoms with Gasteiger partial charge in [-0.3, -0.25) is 0 Å². The minimum absolute atomic E-state index is 0. The van der Waals surface area contributed by atoms with Gasteiger partial charge in [0.15, 0.2) is 0 Å². The standard InChI is InChI=1S/C19H12N2.Ir/c1-2-9-15-13(7-1)14-8-3-5-11-17(14)21-18-12-6-4-10-16(18)20-19(15)21;/h1-8,10-12,19H;/q-2;. The van der Waals surface area contributed by atoms with Crippen LogP contribution in [-0.4, -0.2) is 0 Å². The second-order valence-corrected chi connectivity index (χ2v) is 5.38. The van der Waals surface area contributed by atoms with E-state index in [1.807, 2.05) is 18.2 Å². The Balaban J connectivity index is 0.00000125. The van der Waals surface area contributed by atoms with Gasteiger partial charge in [0.2, 0.25) is 0 Å². The van der Waals surface area contributed by atoms with Crippen LogP contribution in [-0.2, 0) is 20.1 Å². The van der Waals surface area contributed by atoms with E-state index in [0.29, 0.717) is 0 Å². The van der Waals surface area contributed by atoms with Crippen LogP contribution in [0.3, 0.4) is 0 Å². The minimum atomic E-state index is 0. The van der Waals surface area contributed by atoms with Crippen molar-refractivity contribution in [1.29, 1.82) is 0 Å². The fourth-order valence-electron chi connectivity index (χ4n) is 3.36. The molecule has 0 saturated carbocycles. The zero-order valence-electron chi connectivity index (χ0n) is 11.7. The number of hydrogen-bond donors (Lipinski definition) is 0. The normalized spacial score (nSPS) is 16.5. The number of para-hydroxylation sites is 3. The Morgan fingerprint density at radius 3 is 2.45 bits per heavy atom. The third-order valence-corrected chi connectivity index (χ3v) is 4.25. The number of hydrogen-bond acceptors (Lipinski definition) is 1. The van der Waals surface area contributed by atoms with Crippen molar-refractivity contribution in [2.45, 2.75) is 6.17 Å². The summed E-state index contributed by atoms with van der Waals surface area (Å²) in [5.74, 6) is 0. The molecule has 0 saturated heterocycles. The first-order chi connectivity index (χ1) is 10.4. The molecule has 3 aromatic carbocycles. The van der Waals surface area contributed by atoms with Gasteiger partial charge in [0.05, 0.1) is 0 Å². The summed E-state index contributed by atoms with van der Waals surface area (Å²) < 4.78 is 0. The number of rotatable bonds is 0. The predicted octanol–water partition coefficient (Wildman–Crippen LogP) is 5.32. The molecule has 0 bridgehead atoms. The molecule has 1 radical (unpaired) electrons. The van der Waals surface area contributed by atoms with Crippen LogP contribution in [0.15, 0.2) is 66.7 Å². The molecule has 0 aromatic heterocycles. The van der Waals surface area contributed by atoms with Crippen LogP contribution in [0.4, 0.5) is 17.1 Å². The molecule has 0 amide bonds. The molecule has 0 N–H and O–H groups in total. The molecule has 0 spiro atoms. The van der Waals surface area contributed by atoms with E-state index in [1.54, 1.807) is 0 Å². The molecule has 1 unspecified atom stereocenters. The van der Waals surface area contributed by atoms with Crippen LogP contribution in [0.2, 0.25) is 0 Å². The van der Waals surface area contributed by atoms with Gasteiger partial charge in [-0.1, -0.05) is 42.0 Å². The van der Waals surface area contributed by atoms with Crippen molar-refractivity contribution in [2.75, 3.05) is 4.90 Å². The van der Waals surface area contributed by atoms with Crippen molar-refractivity contribution in [2.24, 2.45) is 0 Å². The second-order valence-electron chi connectivity index (χ2n) is 5.38. The van der Waals surface area contributed by atoms with Crippen LogP contribution >= 0.6 is 0 Å². The Kier molecular flexibility index (Phi) is 3.07. The first-order valence-corrected chi connectivity index (χ1v) is 7.12. The second kappa shape index (κ2) is 4.98. The Morgan fingerprint density at radius 2 is 1.55 bits per heavy atom. The maximum absolute atomic E-state index is 4.91. The molecule has 22 heavy (non-hydrogen) atoms. The van der Waals surface area contributed by atoms with Gasteiger partial charge in [0.25, 0.3) is 0 Å². The largest absolute Gasteiger partial charge is 0.661 e. The fraction of sp³-hybridized carbons (Fsp3) is 0.0526.